The third kappa shape index (κ3) is 1.81. The molecule has 1 aromatic rings. The number of anilines is 1. The molecule has 0 atom stereocenters. The molecule has 0 spiro atoms. The number of nitrogens with one attached hydrogen (secondary N) is 1. The molecule has 0 saturated carbocycles. The molecule has 0 aliphatic carbocycles. The van der Waals surface area contributed by atoms with Crippen molar-refractivity contribution < 1.29 is 0 Å². The lowest BCUT2D eigenvalue weighted by atomic mass is 10.2. The van der Waals surface area contributed by atoms with Gasteiger partial charge in [0.25, 0.3) is 0 Å². The van der Waals surface area contributed by atoms with Gasteiger partial charge in [0.1, 0.15) is 0 Å². The number of aryl methyl sites for hydroxylation is 2. The van der Waals surface area contributed by atoms with Crippen molar-refractivity contribution in [2.45, 2.75) is 13.8 Å². The van der Waals surface area contributed by atoms with Crippen molar-refractivity contribution in [3.63, 3.8) is 0 Å². The zero-order chi connectivity index (χ0) is 8.43. The molecule has 0 bridgehead atoms. The van der Waals surface area contributed by atoms with E-state index in [9.17, 15) is 0 Å². The first kappa shape index (κ1) is 8.73. The lowest BCUT2D eigenvalue weighted by Crippen LogP contribution is -2.11. The Hall–Kier alpha value is -0.360. The quantitative estimate of drug-likeness (QED) is 0.459. The Bertz CT molecular complexity index is 273. The van der Waals surface area contributed by atoms with E-state index in [2.05, 4.69) is 33.0 Å². The minimum Gasteiger partial charge on any atom is -0.308 e. The van der Waals surface area contributed by atoms with Crippen LogP contribution >= 0.6 is 22.6 Å². The lowest BCUT2D eigenvalue weighted by Gasteiger charge is -2.05. The van der Waals surface area contributed by atoms with E-state index in [4.69, 9.17) is 5.84 Å². The highest BCUT2D eigenvalue weighted by molar-refractivity contribution is 14.1. The molecule has 0 fully saturated rings. The molecule has 0 unspecified atom stereocenters. The van der Waals surface area contributed by atoms with Gasteiger partial charge in [-0.05, 0) is 48.1 Å². The molecule has 11 heavy (non-hydrogen) atoms. The van der Waals surface area contributed by atoms with Crippen LogP contribution in [0.2, 0.25) is 0 Å². The van der Waals surface area contributed by atoms with E-state index >= 15 is 0 Å². The van der Waals surface area contributed by atoms with E-state index in [-0.39, 0.29) is 0 Å². The Morgan fingerprint density at radius 3 is 2.73 bits per heavy atom. The van der Waals surface area contributed by atoms with Crippen LogP contribution < -0.4 is 11.3 Å². The Kier molecular flexibility index (Phi) is 2.67. The summed E-state index contributed by atoms with van der Waals surface area (Å²) in [6, 6.07) is 2.03. The van der Waals surface area contributed by atoms with Crippen molar-refractivity contribution in [1.29, 1.82) is 0 Å². The summed E-state index contributed by atoms with van der Waals surface area (Å²) in [6.07, 6.45) is 0. The molecule has 0 amide bonds. The Morgan fingerprint density at radius 2 is 2.18 bits per heavy atom. The minimum atomic E-state index is 0.753. The number of hydrogen-bond acceptors (Lipinski definition) is 3. The second kappa shape index (κ2) is 3.36. The molecule has 3 nitrogen and oxygen atoms in total. The van der Waals surface area contributed by atoms with Crippen LogP contribution in [0.15, 0.2) is 6.07 Å². The van der Waals surface area contributed by atoms with Crippen molar-refractivity contribution in [1.82, 2.24) is 4.98 Å². The highest BCUT2D eigenvalue weighted by Gasteiger charge is 2.02. The molecule has 4 heteroatoms. The number of nitrogen functional groups attached to an aromatic ring is 1. The summed E-state index contributed by atoms with van der Waals surface area (Å²) >= 11 is 2.22. The van der Waals surface area contributed by atoms with Crippen molar-refractivity contribution >= 4 is 28.4 Å². The molecule has 0 saturated heterocycles. The molecule has 3 N–H and O–H groups in total. The largest absolute Gasteiger partial charge is 0.308 e. The minimum absolute atomic E-state index is 0.753. The zero-order valence-corrected chi connectivity index (χ0v) is 8.64. The molecule has 1 aromatic heterocycles. The van der Waals surface area contributed by atoms with Crippen molar-refractivity contribution in [2.24, 2.45) is 5.84 Å². The van der Waals surface area contributed by atoms with Gasteiger partial charge in [-0.1, -0.05) is 0 Å². The number of hydrazine groups is 1. The van der Waals surface area contributed by atoms with Gasteiger partial charge in [0, 0.05) is 5.69 Å². The number of rotatable bonds is 1. The highest BCUT2D eigenvalue weighted by Crippen LogP contribution is 2.19. The maximum Gasteiger partial charge on any atom is 0.153 e. The first-order chi connectivity index (χ1) is 5.15. The zero-order valence-electron chi connectivity index (χ0n) is 6.48. The maximum atomic E-state index is 5.27. The van der Waals surface area contributed by atoms with Crippen molar-refractivity contribution in [3.05, 3.63) is 20.9 Å². The predicted molar refractivity (Wildman–Crippen MR) is 54.2 cm³/mol. The monoisotopic (exact) mass is 263 g/mol. The summed E-state index contributed by atoms with van der Waals surface area (Å²) in [6.45, 7) is 3.99. The normalized spacial score (nSPS) is 9.82. The summed E-state index contributed by atoms with van der Waals surface area (Å²) in [5.74, 6) is 6.02. The van der Waals surface area contributed by atoms with Gasteiger partial charge in [-0.15, -0.1) is 0 Å². The smallest absolute Gasteiger partial charge is 0.153 e. The lowest BCUT2D eigenvalue weighted by molar-refractivity contribution is 1.13. The first-order valence-corrected chi connectivity index (χ1v) is 4.33. The number of aromatic nitrogens is 1. The highest BCUT2D eigenvalue weighted by atomic mass is 127. The number of nitrogens with two attached hydrogens (primary N) is 1. The standard InChI is InChI=1S/C7H10IN3/c1-4-3-5(2)10-7(11-9)6(4)8/h3H,9H2,1-2H3,(H,10,11). The van der Waals surface area contributed by atoms with Crippen LogP contribution in [0.5, 0.6) is 0 Å². The molecular formula is C7H10IN3. The SMILES string of the molecule is Cc1cc(C)c(I)c(NN)n1. The third-order valence-corrected chi connectivity index (χ3v) is 2.77. The summed E-state index contributed by atoms with van der Waals surface area (Å²) in [7, 11) is 0. The van der Waals surface area contributed by atoms with E-state index in [0.29, 0.717) is 0 Å². The van der Waals surface area contributed by atoms with Gasteiger partial charge < -0.3 is 5.43 Å². The summed E-state index contributed by atoms with van der Waals surface area (Å²) in [5, 5.41) is 0. The number of nitrogens with zero attached hydrogens (tertiary/aromatic N) is 1. The van der Waals surface area contributed by atoms with E-state index < -0.39 is 0 Å². The van der Waals surface area contributed by atoms with Gasteiger partial charge in [0.15, 0.2) is 5.82 Å². The molecule has 60 valence electrons. The van der Waals surface area contributed by atoms with Crippen LogP contribution in [0.25, 0.3) is 0 Å². The summed E-state index contributed by atoms with van der Waals surface area (Å²) in [5.41, 5.74) is 4.74. The average Bonchev–Trinajstić information content (AvgIpc) is 1.96. The Morgan fingerprint density at radius 1 is 1.55 bits per heavy atom. The number of pyridine rings is 1. The van der Waals surface area contributed by atoms with Crippen LogP contribution in [-0.4, -0.2) is 4.98 Å². The second-order valence-corrected chi connectivity index (χ2v) is 3.47. The molecule has 0 aromatic carbocycles. The van der Waals surface area contributed by atoms with Crippen LogP contribution in [0, 0.1) is 17.4 Å². The first-order valence-electron chi connectivity index (χ1n) is 3.25. The maximum absolute atomic E-state index is 5.27. The summed E-state index contributed by atoms with van der Waals surface area (Å²) in [4.78, 5) is 4.21. The van der Waals surface area contributed by atoms with E-state index in [1.807, 2.05) is 19.9 Å². The van der Waals surface area contributed by atoms with Gasteiger partial charge in [0.05, 0.1) is 3.57 Å². The van der Waals surface area contributed by atoms with Gasteiger partial charge >= 0.3 is 0 Å². The Balaban J connectivity index is 3.24. The average molecular weight is 263 g/mol. The van der Waals surface area contributed by atoms with Crippen LogP contribution in [0.3, 0.4) is 0 Å². The molecule has 1 heterocycles. The molecule has 1 rings (SSSR count). The third-order valence-electron chi connectivity index (χ3n) is 1.40. The molecule has 0 aliphatic heterocycles. The van der Waals surface area contributed by atoms with E-state index in [1.54, 1.807) is 0 Å². The van der Waals surface area contributed by atoms with Gasteiger partial charge in [-0.2, -0.15) is 0 Å². The van der Waals surface area contributed by atoms with Crippen molar-refractivity contribution in [3.8, 4) is 0 Å². The predicted octanol–water partition coefficient (Wildman–Crippen LogP) is 1.59. The summed E-state index contributed by atoms with van der Waals surface area (Å²) < 4.78 is 1.08. The van der Waals surface area contributed by atoms with Gasteiger partial charge in [0.2, 0.25) is 0 Å². The van der Waals surface area contributed by atoms with Crippen molar-refractivity contribution in [2.75, 3.05) is 5.43 Å². The fraction of sp³-hybridized carbons (Fsp3) is 0.286. The van der Waals surface area contributed by atoms with E-state index in [0.717, 1.165) is 15.1 Å². The number of halogens is 1. The van der Waals surface area contributed by atoms with Crippen LogP contribution in [0.1, 0.15) is 11.3 Å². The van der Waals surface area contributed by atoms with Crippen LogP contribution in [-0.2, 0) is 0 Å². The number of hydrogen-bond donors (Lipinski definition) is 2. The molecule has 0 radical (unpaired) electrons. The van der Waals surface area contributed by atoms with Gasteiger partial charge in [-0.3, -0.25) is 0 Å². The van der Waals surface area contributed by atoms with Crippen LogP contribution in [0.4, 0.5) is 5.82 Å². The Labute approximate surface area is 79.5 Å². The second-order valence-electron chi connectivity index (χ2n) is 2.39. The van der Waals surface area contributed by atoms with E-state index in [1.165, 1.54) is 5.56 Å². The molecule has 0 aliphatic rings. The topological polar surface area (TPSA) is 50.9 Å². The van der Waals surface area contributed by atoms with Gasteiger partial charge in [-0.25, -0.2) is 10.8 Å². The fourth-order valence-electron chi connectivity index (χ4n) is 0.917. The fourth-order valence-corrected chi connectivity index (χ4v) is 1.35. The molecular weight excluding hydrogens is 253 g/mol.